The van der Waals surface area contributed by atoms with Crippen molar-refractivity contribution in [2.75, 3.05) is 26.2 Å². The van der Waals surface area contributed by atoms with Gasteiger partial charge < -0.3 is 11.1 Å². The summed E-state index contributed by atoms with van der Waals surface area (Å²) in [5.41, 5.74) is 5.76. The molecule has 0 aromatic rings. The van der Waals surface area contributed by atoms with E-state index in [0.717, 1.165) is 19.5 Å². The van der Waals surface area contributed by atoms with Gasteiger partial charge >= 0.3 is 0 Å². The van der Waals surface area contributed by atoms with Crippen LogP contribution in [0.5, 0.6) is 0 Å². The fourth-order valence-corrected chi connectivity index (χ4v) is 1.76. The van der Waals surface area contributed by atoms with E-state index in [9.17, 15) is 4.79 Å². The second-order valence-corrected chi connectivity index (χ2v) is 5.44. The van der Waals surface area contributed by atoms with Gasteiger partial charge in [0.15, 0.2) is 0 Å². The molecule has 18 heavy (non-hydrogen) atoms. The molecular weight excluding hydrogens is 226 g/mol. The zero-order chi connectivity index (χ0) is 14.2. The van der Waals surface area contributed by atoms with Crippen molar-refractivity contribution in [3.05, 3.63) is 0 Å². The summed E-state index contributed by atoms with van der Waals surface area (Å²) in [6, 6.07) is -0.177. The minimum atomic E-state index is -0.177. The van der Waals surface area contributed by atoms with Crippen molar-refractivity contribution in [2.24, 2.45) is 11.1 Å². The second kappa shape index (κ2) is 8.12. The van der Waals surface area contributed by atoms with Crippen LogP contribution in [0.15, 0.2) is 0 Å². The number of nitrogens with one attached hydrogen (secondary N) is 1. The summed E-state index contributed by atoms with van der Waals surface area (Å²) < 4.78 is 0. The second-order valence-electron chi connectivity index (χ2n) is 5.44. The third-order valence-corrected chi connectivity index (χ3v) is 2.99. The first-order chi connectivity index (χ1) is 8.37. The molecular formula is C14H27N3O. The highest BCUT2D eigenvalue weighted by atomic mass is 16.2. The Morgan fingerprint density at radius 1 is 1.56 bits per heavy atom. The zero-order valence-electron chi connectivity index (χ0n) is 12.1. The molecule has 0 aliphatic rings. The monoisotopic (exact) mass is 253 g/mol. The largest absolute Gasteiger partial charge is 0.344 e. The van der Waals surface area contributed by atoms with Gasteiger partial charge in [-0.05, 0) is 31.8 Å². The SMILES string of the molecule is C#CCNC(=O)C(C)N(CCC)CC(C)(C)CN. The molecule has 0 aromatic heterocycles. The van der Waals surface area contributed by atoms with E-state index >= 15 is 0 Å². The standard InChI is InChI=1S/C14H27N3O/c1-6-8-16-13(18)12(3)17(9-7-2)11-14(4,5)10-15/h1,12H,7-11,15H2,2-5H3,(H,16,18). The molecule has 3 N–H and O–H groups in total. The predicted octanol–water partition coefficient (Wildman–Crippen LogP) is 0.821. The summed E-state index contributed by atoms with van der Waals surface area (Å²) >= 11 is 0. The third kappa shape index (κ3) is 6.04. The molecule has 1 amide bonds. The molecule has 4 heteroatoms. The maximum atomic E-state index is 11.9. The summed E-state index contributed by atoms with van der Waals surface area (Å²) in [5.74, 6) is 2.39. The van der Waals surface area contributed by atoms with Gasteiger partial charge in [-0.25, -0.2) is 0 Å². The molecule has 4 nitrogen and oxygen atoms in total. The van der Waals surface area contributed by atoms with Crippen LogP contribution in [0.4, 0.5) is 0 Å². The van der Waals surface area contributed by atoms with E-state index in [-0.39, 0.29) is 23.9 Å². The van der Waals surface area contributed by atoms with Crippen LogP contribution in [0.2, 0.25) is 0 Å². The normalized spacial score (nSPS) is 13.2. The van der Waals surface area contributed by atoms with Crippen LogP contribution in [-0.2, 0) is 4.79 Å². The molecule has 0 saturated carbocycles. The average Bonchev–Trinajstić information content (AvgIpc) is 2.34. The highest BCUT2D eigenvalue weighted by Crippen LogP contribution is 2.17. The molecule has 0 saturated heterocycles. The fraction of sp³-hybridized carbons (Fsp3) is 0.786. The number of nitrogens with two attached hydrogens (primary N) is 1. The Morgan fingerprint density at radius 2 is 2.17 bits per heavy atom. The lowest BCUT2D eigenvalue weighted by Crippen LogP contribution is -2.50. The number of nitrogens with zero attached hydrogens (tertiary/aromatic N) is 1. The van der Waals surface area contributed by atoms with Crippen molar-refractivity contribution in [1.82, 2.24) is 10.2 Å². The highest BCUT2D eigenvalue weighted by molar-refractivity contribution is 5.81. The van der Waals surface area contributed by atoms with Crippen LogP contribution in [-0.4, -0.2) is 43.0 Å². The smallest absolute Gasteiger partial charge is 0.237 e. The summed E-state index contributed by atoms with van der Waals surface area (Å²) in [7, 11) is 0. The molecule has 104 valence electrons. The van der Waals surface area contributed by atoms with Crippen molar-refractivity contribution in [1.29, 1.82) is 0 Å². The first kappa shape index (κ1) is 16.9. The van der Waals surface area contributed by atoms with Gasteiger partial charge in [0.1, 0.15) is 0 Å². The van der Waals surface area contributed by atoms with Gasteiger partial charge in [0, 0.05) is 6.54 Å². The van der Waals surface area contributed by atoms with E-state index in [4.69, 9.17) is 12.2 Å². The van der Waals surface area contributed by atoms with E-state index < -0.39 is 0 Å². The van der Waals surface area contributed by atoms with Crippen molar-refractivity contribution < 1.29 is 4.79 Å². The molecule has 0 bridgehead atoms. The molecule has 0 aromatic carbocycles. The minimum absolute atomic E-state index is 0.00975. The predicted molar refractivity (Wildman–Crippen MR) is 76.0 cm³/mol. The Morgan fingerprint density at radius 3 is 2.61 bits per heavy atom. The molecule has 0 fully saturated rings. The molecule has 1 unspecified atom stereocenters. The molecule has 0 aliphatic heterocycles. The first-order valence-electron chi connectivity index (χ1n) is 6.53. The van der Waals surface area contributed by atoms with Gasteiger partial charge in [-0.3, -0.25) is 9.69 Å². The Labute approximate surface area is 111 Å². The van der Waals surface area contributed by atoms with Crippen molar-refractivity contribution in [3.8, 4) is 12.3 Å². The first-order valence-corrected chi connectivity index (χ1v) is 6.53. The lowest BCUT2D eigenvalue weighted by atomic mass is 9.92. The number of hydrogen-bond donors (Lipinski definition) is 2. The number of rotatable bonds is 8. The lowest BCUT2D eigenvalue weighted by Gasteiger charge is -2.35. The number of carbonyl (C=O) groups is 1. The minimum Gasteiger partial charge on any atom is -0.344 e. The van der Waals surface area contributed by atoms with Crippen molar-refractivity contribution >= 4 is 5.91 Å². The van der Waals surface area contributed by atoms with Crippen LogP contribution < -0.4 is 11.1 Å². The van der Waals surface area contributed by atoms with E-state index in [2.05, 4.69) is 36.9 Å². The lowest BCUT2D eigenvalue weighted by molar-refractivity contribution is -0.126. The molecule has 1 atom stereocenters. The van der Waals surface area contributed by atoms with E-state index in [1.54, 1.807) is 0 Å². The zero-order valence-corrected chi connectivity index (χ0v) is 12.1. The number of carbonyl (C=O) groups excluding carboxylic acids is 1. The summed E-state index contributed by atoms with van der Waals surface area (Å²) in [6.07, 6.45) is 6.15. The number of hydrogen-bond acceptors (Lipinski definition) is 3. The quantitative estimate of drug-likeness (QED) is 0.630. The van der Waals surface area contributed by atoms with Crippen LogP contribution in [0, 0.1) is 17.8 Å². The van der Waals surface area contributed by atoms with Crippen molar-refractivity contribution in [3.63, 3.8) is 0 Å². The van der Waals surface area contributed by atoms with E-state index in [0.29, 0.717) is 6.54 Å². The van der Waals surface area contributed by atoms with E-state index in [1.165, 1.54) is 0 Å². The van der Waals surface area contributed by atoms with Crippen LogP contribution in [0.25, 0.3) is 0 Å². The Bertz CT molecular complexity index is 294. The topological polar surface area (TPSA) is 58.4 Å². The maximum absolute atomic E-state index is 11.9. The summed E-state index contributed by atoms with van der Waals surface area (Å²) in [6.45, 7) is 10.8. The van der Waals surface area contributed by atoms with Gasteiger partial charge in [-0.1, -0.05) is 26.7 Å². The molecule has 0 heterocycles. The highest BCUT2D eigenvalue weighted by Gasteiger charge is 2.26. The molecule has 0 aliphatic carbocycles. The molecule has 0 spiro atoms. The van der Waals surface area contributed by atoms with E-state index in [1.807, 2.05) is 6.92 Å². The Balaban J connectivity index is 4.58. The van der Waals surface area contributed by atoms with Gasteiger partial charge in [0.25, 0.3) is 0 Å². The van der Waals surface area contributed by atoms with Crippen LogP contribution >= 0.6 is 0 Å². The number of terminal acetylenes is 1. The molecule has 0 rings (SSSR count). The Hall–Kier alpha value is -1.05. The summed E-state index contributed by atoms with van der Waals surface area (Å²) in [4.78, 5) is 14.1. The van der Waals surface area contributed by atoms with Gasteiger partial charge in [0.05, 0.1) is 12.6 Å². The van der Waals surface area contributed by atoms with Crippen LogP contribution in [0.3, 0.4) is 0 Å². The molecule has 0 radical (unpaired) electrons. The average molecular weight is 253 g/mol. The number of amides is 1. The van der Waals surface area contributed by atoms with Gasteiger partial charge in [0.2, 0.25) is 5.91 Å². The fourth-order valence-electron chi connectivity index (χ4n) is 1.76. The van der Waals surface area contributed by atoms with Crippen molar-refractivity contribution in [2.45, 2.75) is 40.2 Å². The van der Waals surface area contributed by atoms with Crippen LogP contribution in [0.1, 0.15) is 34.1 Å². The Kier molecular flexibility index (Phi) is 7.65. The third-order valence-electron chi connectivity index (χ3n) is 2.99. The summed E-state index contributed by atoms with van der Waals surface area (Å²) in [5, 5.41) is 2.73. The maximum Gasteiger partial charge on any atom is 0.237 e. The van der Waals surface area contributed by atoms with Gasteiger partial charge in [-0.2, -0.15) is 0 Å². The van der Waals surface area contributed by atoms with Gasteiger partial charge in [-0.15, -0.1) is 6.42 Å².